The van der Waals surface area contributed by atoms with Crippen LogP contribution in [0.4, 0.5) is 0 Å². The van der Waals surface area contributed by atoms with Gasteiger partial charge in [-0.2, -0.15) is 12.6 Å². The number of hydrogen-bond donors (Lipinski definition) is 2. The molecule has 0 radical (unpaired) electrons. The van der Waals surface area contributed by atoms with Crippen LogP contribution >= 0.6 is 12.6 Å². The molecule has 0 saturated carbocycles. The third kappa shape index (κ3) is 16.9. The van der Waals surface area contributed by atoms with E-state index in [0.29, 0.717) is 0 Å². The zero-order valence-electron chi connectivity index (χ0n) is 16.8. The number of rotatable bonds is 6. The summed E-state index contributed by atoms with van der Waals surface area (Å²) in [6.45, 7) is 15.8. The molecule has 0 heterocycles. The van der Waals surface area contributed by atoms with Crippen molar-refractivity contribution in [2.45, 2.75) is 33.6 Å². The number of allylic oxidation sites excluding steroid dienone is 6. The second-order valence-electron chi connectivity index (χ2n) is 4.46. The molecule has 1 nitrogen and oxygen atoms in total. The van der Waals surface area contributed by atoms with Gasteiger partial charge < -0.3 is 5.32 Å². The Labute approximate surface area is 162 Å². The van der Waals surface area contributed by atoms with E-state index in [1.807, 2.05) is 58.5 Å². The van der Waals surface area contributed by atoms with Crippen molar-refractivity contribution < 1.29 is 0 Å². The van der Waals surface area contributed by atoms with Gasteiger partial charge in [-0.3, -0.25) is 0 Å². The molecule has 1 N–H and O–H groups in total. The minimum atomic E-state index is 1.03. The van der Waals surface area contributed by atoms with Crippen molar-refractivity contribution in [2.24, 2.45) is 0 Å². The van der Waals surface area contributed by atoms with Crippen LogP contribution in [0.1, 0.15) is 32.8 Å². The third-order valence-electron chi connectivity index (χ3n) is 2.74. The molecule has 0 unspecified atom stereocenters. The number of hydrogen-bond acceptors (Lipinski definition) is 2. The lowest BCUT2D eigenvalue weighted by Gasteiger charge is -2.01. The van der Waals surface area contributed by atoms with Gasteiger partial charge in [0.05, 0.1) is 0 Å². The molecule has 0 saturated heterocycles. The number of thiol groups is 1. The molecule has 0 bridgehead atoms. The summed E-state index contributed by atoms with van der Waals surface area (Å²) in [6.07, 6.45) is 10.3. The minimum absolute atomic E-state index is 1.03. The predicted octanol–water partition coefficient (Wildman–Crippen LogP) is 6.79. The smallest absolute Gasteiger partial charge is 0.0130 e. The third-order valence-corrected chi connectivity index (χ3v) is 3.02. The summed E-state index contributed by atoms with van der Waals surface area (Å²) in [6, 6.07) is 10.5. The van der Waals surface area contributed by atoms with Crippen LogP contribution in [0.2, 0.25) is 0 Å². The maximum Gasteiger partial charge on any atom is -0.0130 e. The summed E-state index contributed by atoms with van der Waals surface area (Å²) >= 11 is 4.23. The molecule has 0 fully saturated rings. The van der Waals surface area contributed by atoms with Gasteiger partial charge in [-0.05, 0) is 56.0 Å². The first-order valence-corrected chi connectivity index (χ1v) is 9.17. The molecule has 1 aromatic rings. The summed E-state index contributed by atoms with van der Waals surface area (Å²) in [5.74, 6) is 0. The first kappa shape index (κ1) is 28.1. The monoisotopic (exact) mass is 359 g/mol. The highest BCUT2D eigenvalue weighted by Crippen LogP contribution is 2.14. The van der Waals surface area contributed by atoms with Gasteiger partial charge in [0.15, 0.2) is 0 Å². The molecule has 0 aromatic heterocycles. The van der Waals surface area contributed by atoms with E-state index in [-0.39, 0.29) is 0 Å². The first-order chi connectivity index (χ1) is 12.2. The molecule has 0 aliphatic heterocycles. The van der Waals surface area contributed by atoms with Crippen LogP contribution in [0.15, 0.2) is 90.9 Å². The fourth-order valence-corrected chi connectivity index (χ4v) is 1.96. The number of aryl methyl sites for hydroxylation is 1. The number of benzene rings is 1. The Kier molecular flexibility index (Phi) is 27.5. The van der Waals surface area contributed by atoms with Crippen molar-refractivity contribution in [3.05, 3.63) is 96.5 Å². The molecule has 1 rings (SSSR count). The highest BCUT2D eigenvalue weighted by molar-refractivity contribution is 7.83. The average Bonchev–Trinajstić information content (AvgIpc) is 2.69. The molecule has 1 aromatic carbocycles. The van der Waals surface area contributed by atoms with Crippen molar-refractivity contribution in [1.82, 2.24) is 5.32 Å². The second kappa shape index (κ2) is 24.5. The van der Waals surface area contributed by atoms with Crippen molar-refractivity contribution in [3.63, 3.8) is 0 Å². The van der Waals surface area contributed by atoms with Crippen LogP contribution in [0.5, 0.6) is 0 Å². The van der Waals surface area contributed by atoms with Crippen LogP contribution < -0.4 is 5.32 Å². The van der Waals surface area contributed by atoms with E-state index in [2.05, 4.69) is 74.1 Å². The highest BCUT2D eigenvalue weighted by atomic mass is 32.1. The lowest BCUT2D eigenvalue weighted by molar-refractivity contribution is 1.00. The lowest BCUT2D eigenvalue weighted by atomic mass is 10.1. The Morgan fingerprint density at radius 3 is 2.00 bits per heavy atom. The topological polar surface area (TPSA) is 12.0 Å². The van der Waals surface area contributed by atoms with Gasteiger partial charge in [0, 0.05) is 0 Å². The van der Waals surface area contributed by atoms with E-state index in [4.69, 9.17) is 0 Å². The molecule has 2 heteroatoms. The highest BCUT2D eigenvalue weighted by Gasteiger charge is 1.95. The SMILES string of the molecule is C=C.C=CC(=C\C)/C(/C=C/CCc1ccccc1)=C/S.CC.CNC. The largest absolute Gasteiger partial charge is 0.323 e. The van der Waals surface area contributed by atoms with Crippen LogP contribution in [0.3, 0.4) is 0 Å². The van der Waals surface area contributed by atoms with Gasteiger partial charge in [0.1, 0.15) is 0 Å². The van der Waals surface area contributed by atoms with E-state index in [1.165, 1.54) is 5.56 Å². The van der Waals surface area contributed by atoms with Crippen molar-refractivity contribution in [3.8, 4) is 0 Å². The Bertz CT molecular complexity index is 484. The Morgan fingerprint density at radius 2 is 1.60 bits per heavy atom. The average molecular weight is 360 g/mol. The predicted molar refractivity (Wildman–Crippen MR) is 123 cm³/mol. The molecular formula is C23H37NS. The van der Waals surface area contributed by atoms with Gasteiger partial charge in [0.25, 0.3) is 0 Å². The summed E-state index contributed by atoms with van der Waals surface area (Å²) in [4.78, 5) is 0. The molecule has 0 atom stereocenters. The Morgan fingerprint density at radius 1 is 1.08 bits per heavy atom. The molecule has 0 aliphatic carbocycles. The Hall–Kier alpha value is -1.77. The van der Waals surface area contributed by atoms with Crippen molar-refractivity contribution in [1.29, 1.82) is 0 Å². The van der Waals surface area contributed by atoms with Crippen LogP contribution in [-0.4, -0.2) is 14.1 Å². The van der Waals surface area contributed by atoms with E-state index >= 15 is 0 Å². The van der Waals surface area contributed by atoms with Crippen LogP contribution in [0.25, 0.3) is 0 Å². The van der Waals surface area contributed by atoms with Gasteiger partial charge in [-0.15, -0.1) is 13.2 Å². The van der Waals surface area contributed by atoms with E-state index in [0.717, 1.165) is 24.0 Å². The molecular weight excluding hydrogens is 322 g/mol. The Balaban J connectivity index is -0.000000605. The molecule has 25 heavy (non-hydrogen) atoms. The van der Waals surface area contributed by atoms with Gasteiger partial charge in [-0.25, -0.2) is 0 Å². The fourth-order valence-electron chi connectivity index (χ4n) is 1.72. The normalized spacial score (nSPS) is 10.5. The standard InChI is InChI=1S/C17H20S.C2H7N.C2H6.C2H4/c1-3-16(4-2)17(14-18)13-9-8-12-15-10-6-5-7-11-15;1-3-2;2*1-2/h3-7,9-11,13-14,18H,1,8,12H2,2H3;3H,1-2H3;1-2H3;1-2H2/b13-9+,16-4+,17-14+;;;. The minimum Gasteiger partial charge on any atom is -0.323 e. The van der Waals surface area contributed by atoms with Crippen LogP contribution in [0, 0.1) is 0 Å². The molecule has 0 amide bonds. The fraction of sp³-hybridized carbons (Fsp3) is 0.304. The molecule has 0 spiro atoms. The van der Waals surface area contributed by atoms with Crippen LogP contribution in [-0.2, 0) is 6.42 Å². The van der Waals surface area contributed by atoms with Gasteiger partial charge in [0.2, 0.25) is 0 Å². The molecule has 140 valence electrons. The van der Waals surface area contributed by atoms with E-state index in [9.17, 15) is 0 Å². The summed E-state index contributed by atoms with van der Waals surface area (Å²) < 4.78 is 0. The number of nitrogens with one attached hydrogen (secondary N) is 1. The lowest BCUT2D eigenvalue weighted by Crippen LogP contribution is -1.89. The second-order valence-corrected chi connectivity index (χ2v) is 4.72. The van der Waals surface area contributed by atoms with Crippen molar-refractivity contribution in [2.75, 3.05) is 14.1 Å². The summed E-state index contributed by atoms with van der Waals surface area (Å²) in [5.41, 5.74) is 3.58. The quantitative estimate of drug-likeness (QED) is 0.324. The maximum atomic E-state index is 4.23. The van der Waals surface area contributed by atoms with Gasteiger partial charge >= 0.3 is 0 Å². The molecule has 0 aliphatic rings. The first-order valence-electron chi connectivity index (χ1n) is 8.65. The summed E-state index contributed by atoms with van der Waals surface area (Å²) in [5, 5.41) is 4.57. The maximum absolute atomic E-state index is 4.23. The zero-order valence-corrected chi connectivity index (χ0v) is 17.7. The van der Waals surface area contributed by atoms with Crippen molar-refractivity contribution >= 4 is 12.6 Å². The van der Waals surface area contributed by atoms with E-state index in [1.54, 1.807) is 0 Å². The van der Waals surface area contributed by atoms with E-state index < -0.39 is 0 Å². The van der Waals surface area contributed by atoms with Gasteiger partial charge in [-0.1, -0.05) is 75.1 Å². The summed E-state index contributed by atoms with van der Waals surface area (Å²) in [7, 11) is 3.75. The zero-order chi connectivity index (χ0) is 19.9.